The molecular formula is C20H29N5O. The van der Waals surface area contributed by atoms with Crippen LogP contribution in [0.15, 0.2) is 36.7 Å². The van der Waals surface area contributed by atoms with Crippen molar-refractivity contribution in [3.05, 3.63) is 53.3 Å². The molecule has 140 valence electrons. The Morgan fingerprint density at radius 3 is 2.15 bits per heavy atom. The summed E-state index contributed by atoms with van der Waals surface area (Å²) in [4.78, 5) is 22.6. The third-order valence-corrected chi connectivity index (χ3v) is 4.58. The summed E-state index contributed by atoms with van der Waals surface area (Å²) >= 11 is 0. The Kier molecular flexibility index (Phi) is 7.53. The maximum atomic E-state index is 11.3. The zero-order valence-corrected chi connectivity index (χ0v) is 14.4. The molecule has 0 radical (unpaired) electrons. The number of hydrogen-bond acceptors (Lipinski definition) is 5. The van der Waals surface area contributed by atoms with Gasteiger partial charge in [0.15, 0.2) is 0 Å². The highest BCUT2D eigenvalue weighted by Gasteiger charge is 2.12. The molecule has 1 fully saturated rings. The second-order valence-corrected chi connectivity index (χ2v) is 6.50. The minimum Gasteiger partial charge on any atom is -0.341 e. The molecule has 1 aliphatic rings. The zero-order valence-electron chi connectivity index (χ0n) is 14.4. The first-order chi connectivity index (χ1) is 12.2. The Bertz CT molecular complexity index is 678. The topological polar surface area (TPSA) is 84.1 Å². The summed E-state index contributed by atoms with van der Waals surface area (Å²) in [5, 5.41) is 0. The van der Waals surface area contributed by atoms with Crippen molar-refractivity contribution in [2.45, 2.75) is 46.0 Å². The Morgan fingerprint density at radius 1 is 0.962 bits per heavy atom. The number of nitrogens with zero attached hydrogens (tertiary/aromatic N) is 3. The Labute approximate surface area is 155 Å². The van der Waals surface area contributed by atoms with E-state index in [4.69, 9.17) is 5.84 Å². The fourth-order valence-corrected chi connectivity index (χ4v) is 3.08. The summed E-state index contributed by atoms with van der Waals surface area (Å²) in [7, 11) is 0. The maximum Gasteiger partial charge on any atom is 0.238 e. The first kappa shape index (κ1) is 19.8. The van der Waals surface area contributed by atoms with E-state index in [2.05, 4.69) is 32.4 Å². The van der Waals surface area contributed by atoms with Gasteiger partial charge >= 0.3 is 0 Å². The van der Waals surface area contributed by atoms with E-state index < -0.39 is 0 Å². The van der Waals surface area contributed by atoms with Crippen LogP contribution in [0, 0.1) is 0 Å². The molecule has 1 aliphatic heterocycles. The van der Waals surface area contributed by atoms with Gasteiger partial charge in [-0.15, -0.1) is 0 Å². The van der Waals surface area contributed by atoms with Crippen LogP contribution in [0.5, 0.6) is 0 Å². The smallest absolute Gasteiger partial charge is 0.238 e. The minimum absolute atomic E-state index is 0. The predicted molar refractivity (Wildman–Crippen MR) is 105 cm³/mol. The molecule has 1 aromatic carbocycles. The first-order valence-corrected chi connectivity index (χ1v) is 8.88. The quantitative estimate of drug-likeness (QED) is 0.472. The van der Waals surface area contributed by atoms with Gasteiger partial charge in [0.05, 0.1) is 6.42 Å². The summed E-state index contributed by atoms with van der Waals surface area (Å²) in [6.45, 7) is 2.13. The average molecular weight is 355 g/mol. The lowest BCUT2D eigenvalue weighted by Crippen LogP contribution is -2.31. The number of carbonyl (C=O) groups is 1. The SMILES string of the molecule is C.NNC(=O)Cc1ccc(CCc2cnc(N3CCCCC3)nc2)cc1. The number of piperidine rings is 1. The van der Waals surface area contributed by atoms with Crippen molar-refractivity contribution in [1.82, 2.24) is 15.4 Å². The first-order valence-electron chi connectivity index (χ1n) is 8.88. The van der Waals surface area contributed by atoms with Gasteiger partial charge in [-0.1, -0.05) is 31.7 Å². The predicted octanol–water partition coefficient (Wildman–Crippen LogP) is 2.42. The highest BCUT2D eigenvalue weighted by molar-refractivity contribution is 5.77. The molecule has 0 aliphatic carbocycles. The summed E-state index contributed by atoms with van der Waals surface area (Å²) in [5.74, 6) is 5.78. The van der Waals surface area contributed by atoms with Crippen LogP contribution in [-0.4, -0.2) is 29.0 Å². The molecule has 3 rings (SSSR count). The van der Waals surface area contributed by atoms with Gasteiger partial charge in [0, 0.05) is 25.5 Å². The van der Waals surface area contributed by atoms with Crippen LogP contribution in [0.1, 0.15) is 43.4 Å². The molecule has 1 saturated heterocycles. The van der Waals surface area contributed by atoms with E-state index >= 15 is 0 Å². The second kappa shape index (κ2) is 9.87. The third-order valence-electron chi connectivity index (χ3n) is 4.58. The van der Waals surface area contributed by atoms with Crippen molar-refractivity contribution in [3.8, 4) is 0 Å². The molecule has 2 aromatic rings. The van der Waals surface area contributed by atoms with Crippen LogP contribution >= 0.6 is 0 Å². The highest BCUT2D eigenvalue weighted by atomic mass is 16.2. The van der Waals surface area contributed by atoms with E-state index in [1.165, 1.54) is 24.8 Å². The molecule has 26 heavy (non-hydrogen) atoms. The van der Waals surface area contributed by atoms with E-state index in [0.717, 1.165) is 43.0 Å². The van der Waals surface area contributed by atoms with E-state index in [9.17, 15) is 4.79 Å². The maximum absolute atomic E-state index is 11.3. The van der Waals surface area contributed by atoms with Gasteiger partial charge in [-0.25, -0.2) is 15.8 Å². The second-order valence-electron chi connectivity index (χ2n) is 6.50. The Morgan fingerprint density at radius 2 is 1.54 bits per heavy atom. The molecule has 0 atom stereocenters. The van der Waals surface area contributed by atoms with Crippen molar-refractivity contribution in [2.75, 3.05) is 18.0 Å². The Hall–Kier alpha value is -2.47. The van der Waals surface area contributed by atoms with E-state index in [1.54, 1.807) is 0 Å². The Balaban J connectivity index is 0.00000243. The van der Waals surface area contributed by atoms with Crippen molar-refractivity contribution in [3.63, 3.8) is 0 Å². The molecule has 2 heterocycles. The van der Waals surface area contributed by atoms with Gasteiger partial charge in [-0.3, -0.25) is 10.2 Å². The number of nitrogens with one attached hydrogen (secondary N) is 1. The number of carbonyl (C=O) groups excluding carboxylic acids is 1. The molecule has 6 heteroatoms. The number of aromatic nitrogens is 2. The van der Waals surface area contributed by atoms with Crippen molar-refractivity contribution >= 4 is 11.9 Å². The molecule has 0 spiro atoms. The van der Waals surface area contributed by atoms with Gasteiger partial charge in [0.25, 0.3) is 0 Å². The lowest BCUT2D eigenvalue weighted by Gasteiger charge is -2.26. The largest absolute Gasteiger partial charge is 0.341 e. The number of aryl methyl sites for hydroxylation is 2. The molecule has 0 saturated carbocycles. The molecule has 1 amide bonds. The zero-order chi connectivity index (χ0) is 17.5. The monoisotopic (exact) mass is 355 g/mol. The number of amides is 1. The van der Waals surface area contributed by atoms with E-state index in [-0.39, 0.29) is 13.3 Å². The molecule has 0 bridgehead atoms. The van der Waals surface area contributed by atoms with Crippen LogP contribution in [0.25, 0.3) is 0 Å². The normalized spacial score (nSPS) is 13.8. The van der Waals surface area contributed by atoms with Gasteiger partial charge in [0.1, 0.15) is 0 Å². The van der Waals surface area contributed by atoms with Gasteiger partial charge in [-0.2, -0.15) is 0 Å². The number of rotatable bonds is 6. The number of anilines is 1. The number of hydrazine groups is 1. The standard InChI is InChI=1S/C19H25N5O.CH4/c20-23-18(25)12-16-7-4-15(5-8-16)6-9-17-13-21-19(22-14-17)24-10-2-1-3-11-24;/h4-5,7-8,13-14H,1-3,6,9-12,20H2,(H,23,25);1H4. The van der Waals surface area contributed by atoms with Crippen LogP contribution in [0.2, 0.25) is 0 Å². The van der Waals surface area contributed by atoms with Gasteiger partial charge < -0.3 is 4.90 Å². The number of nitrogens with two attached hydrogens (primary N) is 1. The van der Waals surface area contributed by atoms with Gasteiger partial charge in [-0.05, 0) is 48.8 Å². The number of hydrogen-bond donors (Lipinski definition) is 2. The van der Waals surface area contributed by atoms with E-state index in [0.29, 0.717) is 6.42 Å². The molecule has 3 N–H and O–H groups in total. The van der Waals surface area contributed by atoms with Crippen molar-refractivity contribution in [1.29, 1.82) is 0 Å². The van der Waals surface area contributed by atoms with E-state index in [1.807, 2.05) is 24.5 Å². The highest BCUT2D eigenvalue weighted by Crippen LogP contribution is 2.15. The van der Waals surface area contributed by atoms with Crippen LogP contribution in [0.4, 0.5) is 5.95 Å². The van der Waals surface area contributed by atoms with Crippen LogP contribution in [-0.2, 0) is 24.1 Å². The van der Waals surface area contributed by atoms with Crippen molar-refractivity contribution < 1.29 is 4.79 Å². The van der Waals surface area contributed by atoms with Crippen LogP contribution in [0.3, 0.4) is 0 Å². The summed E-state index contributed by atoms with van der Waals surface area (Å²) in [5.41, 5.74) is 5.48. The summed E-state index contributed by atoms with van der Waals surface area (Å²) in [6, 6.07) is 8.06. The molecule has 0 unspecified atom stereocenters. The van der Waals surface area contributed by atoms with Crippen LogP contribution < -0.4 is 16.2 Å². The fourth-order valence-electron chi connectivity index (χ4n) is 3.08. The third kappa shape index (κ3) is 5.52. The van der Waals surface area contributed by atoms with Crippen molar-refractivity contribution in [2.24, 2.45) is 5.84 Å². The average Bonchev–Trinajstić information content (AvgIpc) is 2.68. The number of benzene rings is 1. The lowest BCUT2D eigenvalue weighted by molar-refractivity contribution is -0.120. The fraction of sp³-hybridized carbons (Fsp3) is 0.450. The summed E-state index contributed by atoms with van der Waals surface area (Å²) < 4.78 is 0. The molecule has 1 aromatic heterocycles. The molecule has 6 nitrogen and oxygen atoms in total. The lowest BCUT2D eigenvalue weighted by atomic mass is 10.0. The molecular weight excluding hydrogens is 326 g/mol. The minimum atomic E-state index is -0.182. The van der Waals surface area contributed by atoms with Gasteiger partial charge in [0.2, 0.25) is 11.9 Å². The summed E-state index contributed by atoms with van der Waals surface area (Å²) in [6.07, 6.45) is 9.79.